The predicted molar refractivity (Wildman–Crippen MR) is 118 cm³/mol. The predicted octanol–water partition coefficient (Wildman–Crippen LogP) is 4.60. The Labute approximate surface area is 179 Å². The highest BCUT2D eigenvalue weighted by atomic mass is 32.1. The molecule has 30 heavy (non-hydrogen) atoms. The van der Waals surface area contributed by atoms with E-state index >= 15 is 0 Å². The summed E-state index contributed by atoms with van der Waals surface area (Å²) in [6.45, 7) is 7.00. The van der Waals surface area contributed by atoms with Gasteiger partial charge in [-0.1, -0.05) is 36.8 Å². The van der Waals surface area contributed by atoms with E-state index < -0.39 is 5.97 Å². The number of carbonyl (C=O) groups is 2. The van der Waals surface area contributed by atoms with Crippen LogP contribution in [0.4, 0.5) is 0 Å². The fourth-order valence-corrected chi connectivity index (χ4v) is 3.99. The fraction of sp³-hybridized carbons (Fsp3) is 0.261. The number of nitrogens with zero attached hydrogens (tertiary/aromatic N) is 2. The minimum atomic E-state index is -0.407. The average Bonchev–Trinajstić information content (AvgIpc) is 3.10. The molecule has 3 rings (SSSR count). The summed E-state index contributed by atoms with van der Waals surface area (Å²) in [6, 6.07) is 12.3. The molecule has 6 nitrogen and oxygen atoms in total. The fourth-order valence-electron chi connectivity index (χ4n) is 2.91. The van der Waals surface area contributed by atoms with E-state index in [0.717, 1.165) is 23.1 Å². The summed E-state index contributed by atoms with van der Waals surface area (Å²) in [5.74, 6) is -0.106. The molecule has 1 aromatic heterocycles. The zero-order valence-corrected chi connectivity index (χ0v) is 17.9. The van der Waals surface area contributed by atoms with Crippen LogP contribution >= 0.6 is 11.3 Å². The maximum absolute atomic E-state index is 12.8. The maximum Gasteiger partial charge on any atom is 0.337 e. The summed E-state index contributed by atoms with van der Waals surface area (Å²) >= 11 is 1.34. The molecule has 0 aliphatic heterocycles. The van der Waals surface area contributed by atoms with Crippen molar-refractivity contribution in [2.45, 2.75) is 26.3 Å². The number of hydrogen-bond donors (Lipinski definition) is 0. The van der Waals surface area contributed by atoms with Crippen LogP contribution in [0.1, 0.15) is 40.5 Å². The van der Waals surface area contributed by atoms with E-state index in [-0.39, 0.29) is 5.91 Å². The Bertz CT molecular complexity index is 1140. The first kappa shape index (κ1) is 21.5. The second kappa shape index (κ2) is 10.0. The highest BCUT2D eigenvalue weighted by Gasteiger charge is 2.12. The minimum Gasteiger partial charge on any atom is -0.494 e. The summed E-state index contributed by atoms with van der Waals surface area (Å²) in [6.07, 6.45) is 3.74. The number of unbranched alkanes of at least 4 members (excludes halogenated alkanes) is 1. The molecule has 0 bridgehead atoms. The van der Waals surface area contributed by atoms with Gasteiger partial charge in [0, 0.05) is 12.1 Å². The van der Waals surface area contributed by atoms with E-state index in [1.54, 1.807) is 36.4 Å². The number of aromatic nitrogens is 1. The van der Waals surface area contributed by atoms with Crippen molar-refractivity contribution in [2.75, 3.05) is 13.7 Å². The largest absolute Gasteiger partial charge is 0.494 e. The van der Waals surface area contributed by atoms with Gasteiger partial charge in [-0.3, -0.25) is 4.79 Å². The molecule has 0 saturated carbocycles. The Balaban J connectivity index is 1.99. The summed E-state index contributed by atoms with van der Waals surface area (Å²) in [7, 11) is 1.35. The van der Waals surface area contributed by atoms with E-state index in [2.05, 4.69) is 18.5 Å². The van der Waals surface area contributed by atoms with Crippen LogP contribution in [-0.2, 0) is 11.3 Å². The molecule has 0 aliphatic carbocycles. The lowest BCUT2D eigenvalue weighted by Gasteiger charge is -2.06. The van der Waals surface area contributed by atoms with Gasteiger partial charge in [0.1, 0.15) is 5.75 Å². The lowest BCUT2D eigenvalue weighted by Crippen LogP contribution is -2.16. The zero-order valence-electron chi connectivity index (χ0n) is 17.1. The van der Waals surface area contributed by atoms with Crippen LogP contribution in [0.25, 0.3) is 10.2 Å². The van der Waals surface area contributed by atoms with E-state index in [0.29, 0.717) is 34.8 Å². The smallest absolute Gasteiger partial charge is 0.337 e. The van der Waals surface area contributed by atoms with Crippen molar-refractivity contribution in [1.29, 1.82) is 0 Å². The number of amides is 1. The molecule has 3 aromatic rings. The van der Waals surface area contributed by atoms with Crippen molar-refractivity contribution >= 4 is 33.4 Å². The zero-order chi connectivity index (χ0) is 21.5. The number of esters is 1. The van der Waals surface area contributed by atoms with Crippen LogP contribution in [0.5, 0.6) is 5.75 Å². The molecule has 0 unspecified atom stereocenters. The van der Waals surface area contributed by atoms with Gasteiger partial charge < -0.3 is 14.0 Å². The molecule has 156 valence electrons. The molecule has 0 N–H and O–H groups in total. The molecular formula is C23H24N2O4S. The number of carbonyl (C=O) groups excluding carboxylic acids is 2. The van der Waals surface area contributed by atoms with Gasteiger partial charge in [0.2, 0.25) is 0 Å². The van der Waals surface area contributed by atoms with E-state index in [1.165, 1.54) is 18.4 Å². The first-order chi connectivity index (χ1) is 14.6. The van der Waals surface area contributed by atoms with Gasteiger partial charge in [-0.25, -0.2) is 4.79 Å². The van der Waals surface area contributed by atoms with Crippen molar-refractivity contribution in [3.05, 3.63) is 71.0 Å². The van der Waals surface area contributed by atoms with E-state index in [1.807, 2.05) is 16.7 Å². The van der Waals surface area contributed by atoms with Crippen molar-refractivity contribution < 1.29 is 19.1 Å². The van der Waals surface area contributed by atoms with Crippen LogP contribution in [0.3, 0.4) is 0 Å². The highest BCUT2D eigenvalue weighted by Crippen LogP contribution is 2.20. The van der Waals surface area contributed by atoms with Gasteiger partial charge in [0.05, 0.1) is 29.5 Å². The lowest BCUT2D eigenvalue weighted by molar-refractivity contribution is 0.0601. The SMILES string of the molecule is C=CCn1c(=NC(=O)c2cccc(OCCCC)c2)sc2cc(C(=O)OC)ccc21. The van der Waals surface area contributed by atoms with Gasteiger partial charge in [0.15, 0.2) is 4.80 Å². The number of thiazole rings is 1. The molecule has 0 atom stereocenters. The second-order valence-corrected chi connectivity index (χ2v) is 7.61. The number of hydrogen-bond acceptors (Lipinski definition) is 5. The monoisotopic (exact) mass is 424 g/mol. The molecule has 0 fully saturated rings. The van der Waals surface area contributed by atoms with Crippen molar-refractivity contribution in [2.24, 2.45) is 4.99 Å². The van der Waals surface area contributed by atoms with Crippen LogP contribution in [0.2, 0.25) is 0 Å². The molecular weight excluding hydrogens is 400 g/mol. The third-order valence-electron chi connectivity index (χ3n) is 4.46. The Morgan fingerprint density at radius 2 is 2.03 bits per heavy atom. The van der Waals surface area contributed by atoms with Crippen molar-refractivity contribution in [3.63, 3.8) is 0 Å². The molecule has 2 aromatic carbocycles. The van der Waals surface area contributed by atoms with Crippen LogP contribution in [0, 0.1) is 0 Å². The van der Waals surface area contributed by atoms with Gasteiger partial charge in [0.25, 0.3) is 5.91 Å². The van der Waals surface area contributed by atoms with Crippen molar-refractivity contribution in [1.82, 2.24) is 4.57 Å². The third kappa shape index (κ3) is 4.86. The summed E-state index contributed by atoms with van der Waals surface area (Å²) in [5, 5.41) is 0. The molecule has 1 heterocycles. The van der Waals surface area contributed by atoms with Gasteiger partial charge in [-0.05, 0) is 42.8 Å². The molecule has 0 radical (unpaired) electrons. The summed E-state index contributed by atoms with van der Waals surface area (Å²) in [4.78, 5) is 29.5. The minimum absolute atomic E-state index is 0.353. The van der Waals surface area contributed by atoms with Crippen molar-refractivity contribution in [3.8, 4) is 5.75 Å². The van der Waals surface area contributed by atoms with Crippen LogP contribution in [-0.4, -0.2) is 30.2 Å². The standard InChI is InChI=1S/C23H24N2O4S/c1-4-6-13-29-18-9-7-8-16(14-18)21(26)24-23-25(12-5-2)19-11-10-17(22(27)28-3)15-20(19)30-23/h5,7-11,14-15H,2,4,6,12-13H2,1,3H3. The number of benzene rings is 2. The number of ether oxygens (including phenoxy) is 2. The Kier molecular flexibility index (Phi) is 7.19. The third-order valence-corrected chi connectivity index (χ3v) is 5.50. The first-order valence-corrected chi connectivity index (χ1v) is 10.5. The quantitative estimate of drug-likeness (QED) is 0.301. The van der Waals surface area contributed by atoms with Gasteiger partial charge >= 0.3 is 5.97 Å². The number of fused-ring (bicyclic) bond motifs is 1. The molecule has 0 aliphatic rings. The summed E-state index contributed by atoms with van der Waals surface area (Å²) in [5.41, 5.74) is 1.78. The lowest BCUT2D eigenvalue weighted by atomic mass is 10.2. The molecule has 7 heteroatoms. The number of allylic oxidation sites excluding steroid dienone is 1. The molecule has 0 spiro atoms. The average molecular weight is 425 g/mol. The summed E-state index contributed by atoms with van der Waals surface area (Å²) < 4.78 is 13.2. The van der Waals surface area contributed by atoms with Crippen LogP contribution < -0.4 is 9.54 Å². The van der Waals surface area contributed by atoms with Crippen LogP contribution in [0.15, 0.2) is 60.1 Å². The maximum atomic E-state index is 12.8. The van der Waals surface area contributed by atoms with Gasteiger partial charge in [-0.15, -0.1) is 6.58 Å². The molecule has 0 saturated heterocycles. The molecule has 1 amide bonds. The van der Waals surface area contributed by atoms with E-state index in [4.69, 9.17) is 9.47 Å². The first-order valence-electron chi connectivity index (χ1n) is 9.72. The second-order valence-electron chi connectivity index (χ2n) is 6.60. The number of methoxy groups -OCH3 is 1. The van der Waals surface area contributed by atoms with E-state index in [9.17, 15) is 9.59 Å². The normalized spacial score (nSPS) is 11.5. The Hall–Kier alpha value is -3.19. The Morgan fingerprint density at radius 3 is 2.77 bits per heavy atom. The van der Waals surface area contributed by atoms with Gasteiger partial charge in [-0.2, -0.15) is 4.99 Å². The topological polar surface area (TPSA) is 69.9 Å². The number of rotatable bonds is 8. The Morgan fingerprint density at radius 1 is 1.20 bits per heavy atom. The highest BCUT2D eigenvalue weighted by molar-refractivity contribution is 7.16.